The first kappa shape index (κ1) is 12.5. The largest absolute Gasteiger partial charge is 0.335 e. The van der Waals surface area contributed by atoms with Crippen molar-refractivity contribution in [3.05, 3.63) is 16.1 Å². The van der Waals surface area contributed by atoms with E-state index in [-0.39, 0.29) is 5.91 Å². The molecule has 0 aromatic carbocycles. The van der Waals surface area contributed by atoms with Crippen LogP contribution in [0.5, 0.6) is 0 Å². The van der Waals surface area contributed by atoms with Crippen molar-refractivity contribution in [2.45, 2.75) is 26.2 Å². The molecular weight excluding hydrogens is 234 g/mol. The Labute approximate surface area is 106 Å². The molecule has 94 valence electrons. The number of thiazole rings is 1. The van der Waals surface area contributed by atoms with Gasteiger partial charge in [0.05, 0.1) is 11.2 Å². The predicted octanol–water partition coefficient (Wildman–Crippen LogP) is 1.70. The Morgan fingerprint density at radius 1 is 1.59 bits per heavy atom. The van der Waals surface area contributed by atoms with Crippen LogP contribution in [0.2, 0.25) is 0 Å². The molecular formula is C12H19N3OS. The number of aromatic nitrogens is 1. The number of carbonyl (C=O) groups excluding carboxylic acids is 1. The molecule has 1 aromatic heterocycles. The Hall–Kier alpha value is -0.940. The summed E-state index contributed by atoms with van der Waals surface area (Å²) in [7, 11) is 0. The summed E-state index contributed by atoms with van der Waals surface area (Å²) in [6.45, 7) is 7.68. The molecule has 2 rings (SSSR count). The Morgan fingerprint density at radius 2 is 2.29 bits per heavy atom. The van der Waals surface area contributed by atoms with Gasteiger partial charge >= 0.3 is 0 Å². The normalized spacial score (nSPS) is 18.1. The molecule has 1 aliphatic rings. The van der Waals surface area contributed by atoms with Crippen molar-refractivity contribution in [1.82, 2.24) is 15.2 Å². The van der Waals surface area contributed by atoms with Crippen LogP contribution in [0.25, 0.3) is 0 Å². The Kier molecular flexibility index (Phi) is 4.12. The SMILES string of the molecule is CCC(C)c1ncc(C(=O)N2CCNCC2)s1. The molecule has 0 bridgehead atoms. The van der Waals surface area contributed by atoms with Crippen molar-refractivity contribution < 1.29 is 4.79 Å². The standard InChI is InChI=1S/C12H19N3OS/c1-3-9(2)11-14-8-10(17-11)12(16)15-6-4-13-5-7-15/h8-9,13H,3-7H2,1-2H3. The quantitative estimate of drug-likeness (QED) is 0.892. The Balaban J connectivity index is 2.06. The van der Waals surface area contributed by atoms with E-state index in [0.29, 0.717) is 5.92 Å². The monoisotopic (exact) mass is 253 g/mol. The summed E-state index contributed by atoms with van der Waals surface area (Å²) in [5, 5.41) is 4.32. The summed E-state index contributed by atoms with van der Waals surface area (Å²) < 4.78 is 0. The minimum Gasteiger partial charge on any atom is -0.335 e. The second-order valence-electron chi connectivity index (χ2n) is 4.41. The average molecular weight is 253 g/mol. The van der Waals surface area contributed by atoms with E-state index in [2.05, 4.69) is 24.1 Å². The van der Waals surface area contributed by atoms with E-state index in [9.17, 15) is 4.79 Å². The first-order valence-corrected chi connectivity index (χ1v) is 6.99. The molecule has 1 amide bonds. The highest BCUT2D eigenvalue weighted by Crippen LogP contribution is 2.24. The van der Waals surface area contributed by atoms with Gasteiger partial charge in [0.1, 0.15) is 4.88 Å². The lowest BCUT2D eigenvalue weighted by molar-refractivity contribution is 0.0740. The average Bonchev–Trinajstić information content (AvgIpc) is 2.87. The summed E-state index contributed by atoms with van der Waals surface area (Å²) in [5.41, 5.74) is 0. The number of amides is 1. The number of hydrogen-bond acceptors (Lipinski definition) is 4. The van der Waals surface area contributed by atoms with Crippen molar-refractivity contribution >= 4 is 17.2 Å². The van der Waals surface area contributed by atoms with Crippen LogP contribution in [-0.4, -0.2) is 42.0 Å². The molecule has 1 fully saturated rings. The third-order valence-electron chi connectivity index (χ3n) is 3.17. The third-order valence-corrected chi connectivity index (χ3v) is 4.39. The maximum absolute atomic E-state index is 12.2. The summed E-state index contributed by atoms with van der Waals surface area (Å²) in [5.74, 6) is 0.586. The van der Waals surface area contributed by atoms with Crippen LogP contribution < -0.4 is 5.32 Å². The van der Waals surface area contributed by atoms with Gasteiger partial charge in [-0.1, -0.05) is 13.8 Å². The van der Waals surface area contributed by atoms with Gasteiger partial charge < -0.3 is 10.2 Å². The zero-order valence-electron chi connectivity index (χ0n) is 10.4. The van der Waals surface area contributed by atoms with Gasteiger partial charge in [0, 0.05) is 32.1 Å². The van der Waals surface area contributed by atoms with Gasteiger partial charge in [-0.15, -0.1) is 11.3 Å². The maximum atomic E-state index is 12.2. The van der Waals surface area contributed by atoms with Crippen molar-refractivity contribution in [3.8, 4) is 0 Å². The topological polar surface area (TPSA) is 45.2 Å². The van der Waals surface area contributed by atoms with Crippen LogP contribution in [0.3, 0.4) is 0 Å². The van der Waals surface area contributed by atoms with Crippen LogP contribution in [0.1, 0.15) is 40.9 Å². The second kappa shape index (κ2) is 5.60. The molecule has 5 heteroatoms. The lowest BCUT2D eigenvalue weighted by Crippen LogP contribution is -2.46. The lowest BCUT2D eigenvalue weighted by Gasteiger charge is -2.26. The van der Waals surface area contributed by atoms with Gasteiger partial charge in [-0.2, -0.15) is 0 Å². The summed E-state index contributed by atoms with van der Waals surface area (Å²) in [4.78, 5) is 19.2. The summed E-state index contributed by atoms with van der Waals surface area (Å²) in [6, 6.07) is 0. The van der Waals surface area contributed by atoms with Crippen LogP contribution in [0.15, 0.2) is 6.20 Å². The van der Waals surface area contributed by atoms with Crippen molar-refractivity contribution in [2.75, 3.05) is 26.2 Å². The smallest absolute Gasteiger partial charge is 0.265 e. The molecule has 1 N–H and O–H groups in total. The molecule has 1 aromatic rings. The number of hydrogen-bond donors (Lipinski definition) is 1. The van der Waals surface area contributed by atoms with E-state index >= 15 is 0 Å². The summed E-state index contributed by atoms with van der Waals surface area (Å²) >= 11 is 1.54. The van der Waals surface area contributed by atoms with Crippen molar-refractivity contribution in [1.29, 1.82) is 0 Å². The van der Waals surface area contributed by atoms with Crippen LogP contribution in [0.4, 0.5) is 0 Å². The van der Waals surface area contributed by atoms with Crippen LogP contribution >= 0.6 is 11.3 Å². The van der Waals surface area contributed by atoms with Gasteiger partial charge in [0.25, 0.3) is 5.91 Å². The first-order chi connectivity index (χ1) is 8.22. The molecule has 1 atom stereocenters. The van der Waals surface area contributed by atoms with Gasteiger partial charge in [-0.25, -0.2) is 4.98 Å². The molecule has 0 saturated carbocycles. The zero-order valence-corrected chi connectivity index (χ0v) is 11.2. The Bertz CT molecular complexity index is 385. The second-order valence-corrected chi connectivity index (χ2v) is 5.48. The van der Waals surface area contributed by atoms with E-state index in [1.807, 2.05) is 4.90 Å². The minimum absolute atomic E-state index is 0.138. The highest BCUT2D eigenvalue weighted by Gasteiger charge is 2.20. The molecule has 17 heavy (non-hydrogen) atoms. The minimum atomic E-state index is 0.138. The predicted molar refractivity (Wildman–Crippen MR) is 69.6 cm³/mol. The number of nitrogens with zero attached hydrogens (tertiary/aromatic N) is 2. The molecule has 0 spiro atoms. The number of carbonyl (C=O) groups is 1. The molecule has 4 nitrogen and oxygen atoms in total. The van der Waals surface area contributed by atoms with Gasteiger partial charge in [0.2, 0.25) is 0 Å². The van der Waals surface area contributed by atoms with E-state index in [4.69, 9.17) is 0 Å². The molecule has 0 radical (unpaired) electrons. The van der Waals surface area contributed by atoms with E-state index < -0.39 is 0 Å². The first-order valence-electron chi connectivity index (χ1n) is 6.18. The van der Waals surface area contributed by atoms with Crippen LogP contribution in [0, 0.1) is 0 Å². The lowest BCUT2D eigenvalue weighted by atomic mass is 10.1. The molecule has 1 saturated heterocycles. The molecule has 1 aliphatic heterocycles. The molecule has 0 aliphatic carbocycles. The van der Waals surface area contributed by atoms with E-state index in [1.54, 1.807) is 17.5 Å². The highest BCUT2D eigenvalue weighted by atomic mass is 32.1. The summed E-state index contributed by atoms with van der Waals surface area (Å²) in [6.07, 6.45) is 2.80. The van der Waals surface area contributed by atoms with Crippen molar-refractivity contribution in [2.24, 2.45) is 0 Å². The van der Waals surface area contributed by atoms with Gasteiger partial charge in [0.15, 0.2) is 0 Å². The Morgan fingerprint density at radius 3 is 2.94 bits per heavy atom. The number of rotatable bonds is 3. The molecule has 2 heterocycles. The highest BCUT2D eigenvalue weighted by molar-refractivity contribution is 7.13. The fraction of sp³-hybridized carbons (Fsp3) is 0.667. The molecule has 1 unspecified atom stereocenters. The fourth-order valence-electron chi connectivity index (χ4n) is 1.81. The van der Waals surface area contributed by atoms with Gasteiger partial charge in [-0.3, -0.25) is 4.79 Å². The maximum Gasteiger partial charge on any atom is 0.265 e. The van der Waals surface area contributed by atoms with E-state index in [1.165, 1.54) is 0 Å². The van der Waals surface area contributed by atoms with E-state index in [0.717, 1.165) is 42.5 Å². The zero-order chi connectivity index (χ0) is 12.3. The van der Waals surface area contributed by atoms with Gasteiger partial charge in [-0.05, 0) is 6.42 Å². The fourth-order valence-corrected chi connectivity index (χ4v) is 2.83. The number of nitrogens with one attached hydrogen (secondary N) is 1. The van der Waals surface area contributed by atoms with Crippen molar-refractivity contribution in [3.63, 3.8) is 0 Å². The third kappa shape index (κ3) is 2.84. The van der Waals surface area contributed by atoms with Crippen LogP contribution in [-0.2, 0) is 0 Å². The number of piperazine rings is 1.